The van der Waals surface area contributed by atoms with Crippen LogP contribution >= 0.6 is 0 Å². The quantitative estimate of drug-likeness (QED) is 0.419. The summed E-state index contributed by atoms with van der Waals surface area (Å²) in [6.07, 6.45) is 1.08. The summed E-state index contributed by atoms with van der Waals surface area (Å²) in [6.45, 7) is 1.65. The molecule has 0 aromatic heterocycles. The molecule has 132 valence electrons. The highest BCUT2D eigenvalue weighted by Gasteiger charge is 2.17. The van der Waals surface area contributed by atoms with E-state index in [0.29, 0.717) is 11.3 Å². The van der Waals surface area contributed by atoms with Crippen LogP contribution in [0.1, 0.15) is 15.9 Å². The van der Waals surface area contributed by atoms with Gasteiger partial charge in [0.25, 0.3) is 11.6 Å². The van der Waals surface area contributed by atoms with E-state index in [-0.39, 0.29) is 21.8 Å². The van der Waals surface area contributed by atoms with Gasteiger partial charge in [-0.2, -0.15) is 0 Å². The second kappa shape index (κ2) is 6.87. The summed E-state index contributed by atoms with van der Waals surface area (Å²) in [5.41, 5.74) is 2.32. The molecule has 0 unspecified atom stereocenters. The smallest absolute Gasteiger partial charge is 0.276 e. The van der Waals surface area contributed by atoms with Gasteiger partial charge in [-0.25, -0.2) is 13.9 Å². The molecule has 10 heteroatoms. The predicted octanol–water partition coefficient (Wildman–Crippen LogP) is 2.17. The van der Waals surface area contributed by atoms with Crippen LogP contribution in [0.3, 0.4) is 0 Å². The van der Waals surface area contributed by atoms with Crippen molar-refractivity contribution < 1.29 is 23.3 Å². The van der Waals surface area contributed by atoms with Crippen LogP contribution < -0.4 is 10.8 Å². The summed E-state index contributed by atoms with van der Waals surface area (Å²) in [4.78, 5) is 22.2. The summed E-state index contributed by atoms with van der Waals surface area (Å²) >= 11 is 0. The Bertz CT molecular complexity index is 956. The Morgan fingerprint density at radius 3 is 2.36 bits per heavy atom. The SMILES string of the molecule is Cc1cc(S(C)(=O)=O)ccc1Nc1cc([N+](=O)[O-])ccc1C(=O)NO. The Labute approximate surface area is 143 Å². The molecule has 1 amide bonds. The largest absolute Gasteiger partial charge is 0.354 e. The van der Waals surface area contributed by atoms with Crippen LogP contribution in [0.25, 0.3) is 0 Å². The molecule has 25 heavy (non-hydrogen) atoms. The van der Waals surface area contributed by atoms with Crippen molar-refractivity contribution in [2.45, 2.75) is 11.8 Å². The van der Waals surface area contributed by atoms with E-state index in [1.54, 1.807) is 6.92 Å². The number of carbonyl (C=O) groups is 1. The molecule has 2 aromatic carbocycles. The van der Waals surface area contributed by atoms with Crippen molar-refractivity contribution >= 4 is 32.8 Å². The van der Waals surface area contributed by atoms with Gasteiger partial charge in [0.15, 0.2) is 9.84 Å². The zero-order valence-electron chi connectivity index (χ0n) is 13.3. The summed E-state index contributed by atoms with van der Waals surface area (Å²) in [5.74, 6) is -0.845. The monoisotopic (exact) mass is 365 g/mol. The number of anilines is 2. The zero-order chi connectivity index (χ0) is 18.8. The average Bonchev–Trinajstić information content (AvgIpc) is 2.54. The number of hydrogen-bond donors (Lipinski definition) is 3. The van der Waals surface area contributed by atoms with E-state index >= 15 is 0 Å². The number of rotatable bonds is 5. The van der Waals surface area contributed by atoms with Crippen molar-refractivity contribution in [3.63, 3.8) is 0 Å². The fourth-order valence-electron chi connectivity index (χ4n) is 2.16. The number of amides is 1. The number of nitrogens with one attached hydrogen (secondary N) is 2. The highest BCUT2D eigenvalue weighted by molar-refractivity contribution is 7.90. The molecule has 9 nitrogen and oxygen atoms in total. The normalized spacial score (nSPS) is 11.0. The second-order valence-electron chi connectivity index (χ2n) is 5.30. The maximum atomic E-state index is 11.7. The van der Waals surface area contributed by atoms with Gasteiger partial charge in [0.05, 0.1) is 21.1 Å². The third-order valence-electron chi connectivity index (χ3n) is 3.46. The summed E-state index contributed by atoms with van der Waals surface area (Å²) < 4.78 is 23.2. The lowest BCUT2D eigenvalue weighted by atomic mass is 10.1. The van der Waals surface area contributed by atoms with Crippen LogP contribution in [-0.4, -0.2) is 30.7 Å². The lowest BCUT2D eigenvalue weighted by molar-refractivity contribution is -0.384. The molecule has 0 saturated carbocycles. The van der Waals surface area contributed by atoms with Crippen LogP contribution in [0.2, 0.25) is 0 Å². The minimum Gasteiger partial charge on any atom is -0.354 e. The Morgan fingerprint density at radius 2 is 1.84 bits per heavy atom. The Morgan fingerprint density at radius 1 is 1.16 bits per heavy atom. The zero-order valence-corrected chi connectivity index (χ0v) is 14.1. The number of nitro groups is 1. The molecule has 2 aromatic rings. The van der Waals surface area contributed by atoms with E-state index in [1.807, 2.05) is 0 Å². The Hall–Kier alpha value is -2.98. The number of hydroxylamine groups is 1. The molecule has 0 spiro atoms. The summed E-state index contributed by atoms with van der Waals surface area (Å²) in [5, 5.41) is 22.6. The van der Waals surface area contributed by atoms with Gasteiger partial charge in [-0.15, -0.1) is 0 Å². The van der Waals surface area contributed by atoms with Gasteiger partial charge in [0.1, 0.15) is 0 Å². The predicted molar refractivity (Wildman–Crippen MR) is 89.9 cm³/mol. The van der Waals surface area contributed by atoms with Gasteiger partial charge in [-0.05, 0) is 36.8 Å². The molecule has 0 bridgehead atoms. The number of nitrogens with zero attached hydrogens (tertiary/aromatic N) is 1. The van der Waals surface area contributed by atoms with Crippen molar-refractivity contribution in [2.75, 3.05) is 11.6 Å². The number of nitro benzene ring substituents is 1. The third kappa shape index (κ3) is 4.11. The van der Waals surface area contributed by atoms with Gasteiger partial charge >= 0.3 is 0 Å². The van der Waals surface area contributed by atoms with E-state index in [1.165, 1.54) is 29.7 Å². The molecular formula is C15H15N3O6S. The van der Waals surface area contributed by atoms with E-state index in [0.717, 1.165) is 18.4 Å². The van der Waals surface area contributed by atoms with Gasteiger partial charge < -0.3 is 5.32 Å². The highest BCUT2D eigenvalue weighted by Crippen LogP contribution is 2.28. The first-order chi connectivity index (χ1) is 11.6. The van der Waals surface area contributed by atoms with Gasteiger partial charge in [0, 0.05) is 24.1 Å². The van der Waals surface area contributed by atoms with E-state index in [9.17, 15) is 23.3 Å². The average molecular weight is 365 g/mol. The van der Waals surface area contributed by atoms with Gasteiger partial charge in [-0.1, -0.05) is 0 Å². The maximum Gasteiger partial charge on any atom is 0.276 e. The van der Waals surface area contributed by atoms with E-state index in [2.05, 4.69) is 5.32 Å². The van der Waals surface area contributed by atoms with Crippen molar-refractivity contribution in [1.82, 2.24) is 5.48 Å². The topological polar surface area (TPSA) is 139 Å². The van der Waals surface area contributed by atoms with Crippen LogP contribution in [-0.2, 0) is 9.84 Å². The van der Waals surface area contributed by atoms with Crippen molar-refractivity contribution in [3.8, 4) is 0 Å². The lowest BCUT2D eigenvalue weighted by Gasteiger charge is -2.13. The van der Waals surface area contributed by atoms with Crippen LogP contribution in [0, 0.1) is 17.0 Å². The molecule has 0 aliphatic carbocycles. The molecule has 0 heterocycles. The maximum absolute atomic E-state index is 11.7. The second-order valence-corrected chi connectivity index (χ2v) is 7.32. The highest BCUT2D eigenvalue weighted by atomic mass is 32.2. The number of aryl methyl sites for hydroxylation is 1. The van der Waals surface area contributed by atoms with Crippen LogP contribution in [0.5, 0.6) is 0 Å². The first-order valence-electron chi connectivity index (χ1n) is 6.94. The molecule has 2 rings (SSSR count). The first-order valence-corrected chi connectivity index (χ1v) is 8.83. The molecule has 0 saturated heterocycles. The number of non-ortho nitro benzene ring substituents is 1. The fourth-order valence-corrected chi connectivity index (χ4v) is 2.87. The summed E-state index contributed by atoms with van der Waals surface area (Å²) in [6, 6.07) is 7.80. The standard InChI is InChI=1S/C15H15N3O6S/c1-9-7-11(25(2,23)24)4-6-13(9)16-14-8-10(18(21)22)3-5-12(14)15(19)17-20/h3-8,16,20H,1-2H3,(H,17,19). The molecule has 0 aliphatic heterocycles. The fraction of sp³-hybridized carbons (Fsp3) is 0.133. The lowest BCUT2D eigenvalue weighted by Crippen LogP contribution is -2.20. The number of sulfone groups is 1. The minimum absolute atomic E-state index is 0.0142. The minimum atomic E-state index is -3.37. The number of carbonyl (C=O) groups excluding carboxylic acids is 1. The van der Waals surface area contributed by atoms with Crippen molar-refractivity contribution in [1.29, 1.82) is 0 Å². The van der Waals surface area contributed by atoms with Crippen molar-refractivity contribution in [3.05, 3.63) is 57.6 Å². The molecule has 0 aliphatic rings. The van der Waals surface area contributed by atoms with Crippen LogP contribution in [0.15, 0.2) is 41.3 Å². The van der Waals surface area contributed by atoms with E-state index < -0.39 is 20.7 Å². The van der Waals surface area contributed by atoms with E-state index in [4.69, 9.17) is 5.21 Å². The molecule has 0 fully saturated rings. The number of benzene rings is 2. The van der Waals surface area contributed by atoms with Gasteiger partial charge in [0.2, 0.25) is 0 Å². The molecule has 3 N–H and O–H groups in total. The Balaban J connectivity index is 2.50. The molecule has 0 radical (unpaired) electrons. The van der Waals surface area contributed by atoms with Crippen LogP contribution in [0.4, 0.5) is 17.1 Å². The number of hydrogen-bond acceptors (Lipinski definition) is 7. The molecule has 0 atom stereocenters. The van der Waals surface area contributed by atoms with Gasteiger partial charge in [-0.3, -0.25) is 20.1 Å². The van der Waals surface area contributed by atoms with Crippen molar-refractivity contribution in [2.24, 2.45) is 0 Å². The molecular weight excluding hydrogens is 350 g/mol. The first kappa shape index (κ1) is 18.4. The third-order valence-corrected chi connectivity index (χ3v) is 4.57. The summed E-state index contributed by atoms with van der Waals surface area (Å²) in [7, 11) is -3.37. The Kier molecular flexibility index (Phi) is 5.04.